The van der Waals surface area contributed by atoms with Gasteiger partial charge in [0.2, 0.25) is 0 Å². The second kappa shape index (κ2) is 8.68. The minimum absolute atomic E-state index is 0.0361. The van der Waals surface area contributed by atoms with Crippen LogP contribution in [0, 0.1) is 11.8 Å². The van der Waals surface area contributed by atoms with Gasteiger partial charge in [0.25, 0.3) is 0 Å². The number of ether oxygens (including phenoxy) is 2. The van der Waals surface area contributed by atoms with Crippen molar-refractivity contribution in [2.24, 2.45) is 11.8 Å². The third-order valence-electron chi connectivity index (χ3n) is 3.99. The molecule has 1 rings (SSSR count). The summed E-state index contributed by atoms with van der Waals surface area (Å²) in [7, 11) is 0. The zero-order valence-corrected chi connectivity index (χ0v) is 16.5. The molecule has 144 valence electrons. The highest BCUT2D eigenvalue weighted by atomic mass is 16.6. The van der Waals surface area contributed by atoms with E-state index in [-0.39, 0.29) is 23.9 Å². The van der Waals surface area contributed by atoms with Crippen LogP contribution in [0.2, 0.25) is 0 Å². The molecule has 6 heteroatoms. The number of amides is 1. The van der Waals surface area contributed by atoms with E-state index in [9.17, 15) is 14.4 Å². The van der Waals surface area contributed by atoms with Crippen molar-refractivity contribution < 1.29 is 23.9 Å². The predicted molar refractivity (Wildman–Crippen MR) is 95.2 cm³/mol. The summed E-state index contributed by atoms with van der Waals surface area (Å²) in [5.74, 6) is -0.505. The fourth-order valence-corrected chi connectivity index (χ4v) is 2.95. The Hall–Kier alpha value is -1.59. The topological polar surface area (TPSA) is 72.9 Å². The van der Waals surface area contributed by atoms with Crippen LogP contribution in [0.4, 0.5) is 4.79 Å². The Morgan fingerprint density at radius 2 is 1.72 bits per heavy atom. The van der Waals surface area contributed by atoms with Gasteiger partial charge in [-0.15, -0.1) is 0 Å². The molecule has 0 aromatic heterocycles. The summed E-state index contributed by atoms with van der Waals surface area (Å²) in [5, 5.41) is 0. The molecule has 0 aromatic rings. The van der Waals surface area contributed by atoms with Crippen LogP contribution in [0.5, 0.6) is 0 Å². The molecule has 6 nitrogen and oxygen atoms in total. The van der Waals surface area contributed by atoms with Crippen LogP contribution in [0.25, 0.3) is 0 Å². The molecular weight excluding hydrogens is 322 g/mol. The lowest BCUT2D eigenvalue weighted by molar-refractivity contribution is -0.162. The fourth-order valence-electron chi connectivity index (χ4n) is 2.95. The number of hydrogen-bond donors (Lipinski definition) is 0. The van der Waals surface area contributed by atoms with Gasteiger partial charge in [-0.3, -0.25) is 4.79 Å². The molecule has 1 aliphatic heterocycles. The average Bonchev–Trinajstić information content (AvgIpc) is 2.89. The highest BCUT2D eigenvalue weighted by Gasteiger charge is 2.38. The standard InChI is InChI=1S/C19H33NO5/c1-18(2,3)24-16(22)15(9-7-8-12-21)14-10-11-20(13-14)17(23)25-19(4,5)6/h12,14-15H,7-11,13H2,1-6H3/t14-,15-/m0/s1. The third kappa shape index (κ3) is 7.88. The summed E-state index contributed by atoms with van der Waals surface area (Å²) in [5.41, 5.74) is -1.09. The second-order valence-electron chi connectivity index (χ2n) is 8.71. The summed E-state index contributed by atoms with van der Waals surface area (Å²) in [4.78, 5) is 37.1. The molecule has 1 fully saturated rings. The van der Waals surface area contributed by atoms with Crippen molar-refractivity contribution in [1.82, 2.24) is 4.90 Å². The molecule has 0 radical (unpaired) electrons. The van der Waals surface area contributed by atoms with Crippen LogP contribution in [-0.2, 0) is 19.1 Å². The van der Waals surface area contributed by atoms with E-state index in [1.54, 1.807) is 4.90 Å². The number of hydrogen-bond acceptors (Lipinski definition) is 5. The van der Waals surface area contributed by atoms with Crippen LogP contribution in [0.3, 0.4) is 0 Å². The van der Waals surface area contributed by atoms with Crippen molar-refractivity contribution in [2.75, 3.05) is 13.1 Å². The molecule has 2 atom stereocenters. The number of nitrogens with zero attached hydrogens (tertiary/aromatic N) is 1. The predicted octanol–water partition coefficient (Wildman–Crippen LogP) is 3.57. The molecule has 1 saturated heterocycles. The van der Waals surface area contributed by atoms with Crippen molar-refractivity contribution in [3.8, 4) is 0 Å². The molecule has 0 bridgehead atoms. The van der Waals surface area contributed by atoms with E-state index in [4.69, 9.17) is 9.47 Å². The average molecular weight is 355 g/mol. The molecule has 1 amide bonds. The van der Waals surface area contributed by atoms with Gasteiger partial charge in [-0.1, -0.05) is 0 Å². The van der Waals surface area contributed by atoms with Crippen molar-refractivity contribution >= 4 is 18.3 Å². The van der Waals surface area contributed by atoms with Crippen molar-refractivity contribution in [1.29, 1.82) is 0 Å². The van der Waals surface area contributed by atoms with Crippen molar-refractivity contribution in [3.63, 3.8) is 0 Å². The number of aldehydes is 1. The number of likely N-dealkylation sites (tertiary alicyclic amines) is 1. The molecule has 0 saturated carbocycles. The maximum absolute atomic E-state index is 12.6. The van der Waals surface area contributed by atoms with E-state index >= 15 is 0 Å². The van der Waals surface area contributed by atoms with Gasteiger partial charge in [-0.05, 0) is 66.7 Å². The van der Waals surface area contributed by atoms with Crippen LogP contribution in [0.15, 0.2) is 0 Å². The van der Waals surface area contributed by atoms with Crippen LogP contribution in [-0.4, -0.2) is 47.5 Å². The first-order chi connectivity index (χ1) is 11.4. The number of carbonyl (C=O) groups is 3. The van der Waals surface area contributed by atoms with Crippen molar-refractivity contribution in [3.05, 3.63) is 0 Å². The van der Waals surface area contributed by atoms with E-state index in [2.05, 4.69) is 0 Å². The summed E-state index contributed by atoms with van der Waals surface area (Å²) in [6, 6.07) is 0. The molecule has 1 aliphatic rings. The molecule has 0 aliphatic carbocycles. The zero-order valence-electron chi connectivity index (χ0n) is 16.5. The van der Waals surface area contributed by atoms with Crippen LogP contribution < -0.4 is 0 Å². The normalized spacial score (nSPS) is 19.4. The third-order valence-corrected chi connectivity index (χ3v) is 3.99. The Labute approximate surface area is 151 Å². The minimum Gasteiger partial charge on any atom is -0.460 e. The van der Waals surface area contributed by atoms with E-state index in [0.717, 1.165) is 12.7 Å². The maximum Gasteiger partial charge on any atom is 0.410 e. The van der Waals surface area contributed by atoms with Gasteiger partial charge in [0.05, 0.1) is 5.92 Å². The number of carbonyl (C=O) groups excluding carboxylic acids is 3. The lowest BCUT2D eigenvalue weighted by atomic mass is 9.87. The first kappa shape index (κ1) is 21.5. The van der Waals surface area contributed by atoms with Crippen LogP contribution >= 0.6 is 0 Å². The van der Waals surface area contributed by atoms with Crippen molar-refractivity contribution in [2.45, 2.75) is 78.4 Å². The summed E-state index contributed by atoms with van der Waals surface area (Å²) in [6.07, 6.45) is 2.95. The molecule has 25 heavy (non-hydrogen) atoms. The largest absolute Gasteiger partial charge is 0.460 e. The highest BCUT2D eigenvalue weighted by Crippen LogP contribution is 2.31. The molecular formula is C19H33NO5. The number of rotatable bonds is 6. The Morgan fingerprint density at radius 1 is 1.12 bits per heavy atom. The monoisotopic (exact) mass is 355 g/mol. The Bertz CT molecular complexity index is 475. The Kier molecular flexibility index (Phi) is 7.44. The summed E-state index contributed by atoms with van der Waals surface area (Å²) < 4.78 is 11.0. The van der Waals surface area contributed by atoms with E-state index in [1.165, 1.54) is 0 Å². The Morgan fingerprint density at radius 3 is 2.24 bits per heavy atom. The van der Waals surface area contributed by atoms with Gasteiger partial charge in [-0.2, -0.15) is 0 Å². The Balaban J connectivity index is 2.74. The summed E-state index contributed by atoms with van der Waals surface area (Å²) in [6.45, 7) is 12.1. The maximum atomic E-state index is 12.6. The molecule has 0 N–H and O–H groups in total. The molecule has 0 unspecified atom stereocenters. The van der Waals surface area contributed by atoms with Gasteiger partial charge in [-0.25, -0.2) is 4.79 Å². The number of unbranched alkanes of at least 4 members (excludes halogenated alkanes) is 1. The van der Waals surface area contributed by atoms with Gasteiger partial charge in [0.15, 0.2) is 0 Å². The van der Waals surface area contributed by atoms with Gasteiger partial charge in [0, 0.05) is 19.5 Å². The molecule has 0 aromatic carbocycles. The first-order valence-electron chi connectivity index (χ1n) is 9.07. The SMILES string of the molecule is CC(C)(C)OC(=O)[C@@H](CCCC=O)[C@H]1CCN(C(=O)OC(C)(C)C)C1. The smallest absolute Gasteiger partial charge is 0.410 e. The zero-order chi connectivity index (χ0) is 19.3. The van der Waals surface area contributed by atoms with Gasteiger partial charge in [0.1, 0.15) is 17.5 Å². The lowest BCUT2D eigenvalue weighted by Gasteiger charge is -2.28. The second-order valence-corrected chi connectivity index (χ2v) is 8.71. The first-order valence-corrected chi connectivity index (χ1v) is 9.07. The summed E-state index contributed by atoms with van der Waals surface area (Å²) >= 11 is 0. The quantitative estimate of drug-likeness (QED) is 0.414. The van der Waals surface area contributed by atoms with Crippen LogP contribution in [0.1, 0.15) is 67.2 Å². The highest BCUT2D eigenvalue weighted by molar-refractivity contribution is 5.74. The van der Waals surface area contributed by atoms with E-state index in [1.807, 2.05) is 41.5 Å². The molecule has 0 spiro atoms. The van der Waals surface area contributed by atoms with E-state index in [0.29, 0.717) is 32.4 Å². The van der Waals surface area contributed by atoms with Gasteiger partial charge >= 0.3 is 12.1 Å². The van der Waals surface area contributed by atoms with Gasteiger partial charge < -0.3 is 19.2 Å². The lowest BCUT2D eigenvalue weighted by Crippen LogP contribution is -2.37. The number of esters is 1. The van der Waals surface area contributed by atoms with E-state index < -0.39 is 11.2 Å². The fraction of sp³-hybridized carbons (Fsp3) is 0.842. The molecule has 1 heterocycles. The minimum atomic E-state index is -0.552.